The number of aliphatic carboxylic acids is 1. The SMILES string of the molecule is O=C(NC1[C@@H](C(=O)O)CCCN1CC1CC1)c1cc(-c2ccc(F)cc2F)on1. The van der Waals surface area contributed by atoms with E-state index in [2.05, 4.69) is 10.5 Å². The molecule has 1 saturated carbocycles. The first-order valence-electron chi connectivity index (χ1n) is 9.62. The van der Waals surface area contributed by atoms with Crippen molar-refractivity contribution < 1.29 is 28.0 Å². The Morgan fingerprint density at radius 3 is 2.72 bits per heavy atom. The van der Waals surface area contributed by atoms with Crippen molar-refractivity contribution in [2.75, 3.05) is 13.1 Å². The van der Waals surface area contributed by atoms with Crippen molar-refractivity contribution in [1.82, 2.24) is 15.4 Å². The lowest BCUT2D eigenvalue weighted by atomic mass is 9.93. The summed E-state index contributed by atoms with van der Waals surface area (Å²) in [5.41, 5.74) is -0.112. The molecule has 29 heavy (non-hydrogen) atoms. The molecule has 154 valence electrons. The summed E-state index contributed by atoms with van der Waals surface area (Å²) in [7, 11) is 0. The molecule has 0 spiro atoms. The van der Waals surface area contributed by atoms with Gasteiger partial charge in [-0.05, 0) is 43.7 Å². The lowest BCUT2D eigenvalue weighted by molar-refractivity contribution is -0.146. The fraction of sp³-hybridized carbons (Fsp3) is 0.450. The van der Waals surface area contributed by atoms with Gasteiger partial charge >= 0.3 is 5.97 Å². The summed E-state index contributed by atoms with van der Waals surface area (Å²) in [6.45, 7) is 1.47. The van der Waals surface area contributed by atoms with Crippen LogP contribution in [0.3, 0.4) is 0 Å². The van der Waals surface area contributed by atoms with Crippen molar-refractivity contribution >= 4 is 11.9 Å². The molecule has 1 aromatic carbocycles. The van der Waals surface area contributed by atoms with E-state index in [1.165, 1.54) is 12.1 Å². The third kappa shape index (κ3) is 4.29. The third-order valence-corrected chi connectivity index (χ3v) is 5.46. The van der Waals surface area contributed by atoms with Crippen molar-refractivity contribution in [3.05, 3.63) is 41.6 Å². The fourth-order valence-electron chi connectivity index (χ4n) is 3.76. The molecule has 2 atom stereocenters. The van der Waals surface area contributed by atoms with Gasteiger partial charge in [-0.25, -0.2) is 8.78 Å². The first-order chi connectivity index (χ1) is 13.9. The van der Waals surface area contributed by atoms with Crippen LogP contribution in [-0.2, 0) is 4.79 Å². The molecule has 2 aliphatic rings. The molecule has 1 unspecified atom stereocenters. The van der Waals surface area contributed by atoms with Crippen molar-refractivity contribution in [2.24, 2.45) is 11.8 Å². The van der Waals surface area contributed by atoms with Crippen molar-refractivity contribution in [2.45, 2.75) is 31.8 Å². The Morgan fingerprint density at radius 2 is 2.03 bits per heavy atom. The van der Waals surface area contributed by atoms with Gasteiger partial charge in [-0.3, -0.25) is 14.5 Å². The second-order valence-electron chi connectivity index (χ2n) is 7.64. The van der Waals surface area contributed by atoms with Crippen LogP contribution in [0, 0.1) is 23.5 Å². The first-order valence-corrected chi connectivity index (χ1v) is 9.62. The highest BCUT2D eigenvalue weighted by molar-refractivity contribution is 5.93. The summed E-state index contributed by atoms with van der Waals surface area (Å²) < 4.78 is 32.1. The summed E-state index contributed by atoms with van der Waals surface area (Å²) in [6, 6.07) is 4.25. The van der Waals surface area contributed by atoms with E-state index in [9.17, 15) is 23.5 Å². The Morgan fingerprint density at radius 1 is 1.24 bits per heavy atom. The molecule has 4 rings (SSSR count). The molecule has 2 N–H and O–H groups in total. The number of nitrogens with zero attached hydrogens (tertiary/aromatic N) is 2. The zero-order chi connectivity index (χ0) is 20.5. The Kier molecular flexibility index (Phi) is 5.31. The monoisotopic (exact) mass is 405 g/mol. The summed E-state index contributed by atoms with van der Waals surface area (Å²) in [6.07, 6.45) is 2.83. The fourth-order valence-corrected chi connectivity index (χ4v) is 3.76. The molecular weight excluding hydrogens is 384 g/mol. The maximum Gasteiger partial charge on any atom is 0.309 e. The Hall–Kier alpha value is -2.81. The number of aromatic nitrogens is 1. The predicted molar refractivity (Wildman–Crippen MR) is 97.8 cm³/mol. The van der Waals surface area contributed by atoms with Gasteiger partial charge in [0.15, 0.2) is 11.5 Å². The van der Waals surface area contributed by atoms with Gasteiger partial charge in [0.1, 0.15) is 11.6 Å². The Balaban J connectivity index is 1.52. The lowest BCUT2D eigenvalue weighted by Crippen LogP contribution is -2.57. The van der Waals surface area contributed by atoms with Crippen molar-refractivity contribution in [1.29, 1.82) is 0 Å². The minimum Gasteiger partial charge on any atom is -0.481 e. The number of benzene rings is 1. The van der Waals surface area contributed by atoms with Gasteiger partial charge in [-0.1, -0.05) is 5.16 Å². The highest BCUT2D eigenvalue weighted by Gasteiger charge is 2.39. The van der Waals surface area contributed by atoms with E-state index in [4.69, 9.17) is 4.52 Å². The van der Waals surface area contributed by atoms with Gasteiger partial charge in [0.05, 0.1) is 17.6 Å². The number of rotatable bonds is 6. The van der Waals surface area contributed by atoms with E-state index in [0.717, 1.165) is 38.4 Å². The van der Waals surface area contributed by atoms with Gasteiger partial charge in [0.25, 0.3) is 5.91 Å². The lowest BCUT2D eigenvalue weighted by Gasteiger charge is -2.39. The van der Waals surface area contributed by atoms with Crippen molar-refractivity contribution in [3.8, 4) is 11.3 Å². The van der Waals surface area contributed by atoms with Crippen LogP contribution in [-0.4, -0.2) is 46.3 Å². The molecule has 1 aliphatic carbocycles. The smallest absolute Gasteiger partial charge is 0.309 e. The van der Waals surface area contributed by atoms with E-state index >= 15 is 0 Å². The number of carbonyl (C=O) groups excluding carboxylic acids is 1. The van der Waals surface area contributed by atoms with E-state index in [1.54, 1.807) is 0 Å². The number of amides is 1. The van der Waals surface area contributed by atoms with Gasteiger partial charge in [-0.15, -0.1) is 0 Å². The van der Waals surface area contributed by atoms with Gasteiger partial charge < -0.3 is 14.9 Å². The van der Waals surface area contributed by atoms with E-state index < -0.39 is 35.6 Å². The van der Waals surface area contributed by atoms with Crippen LogP contribution in [0.2, 0.25) is 0 Å². The van der Waals surface area contributed by atoms with Crippen LogP contribution in [0.15, 0.2) is 28.8 Å². The summed E-state index contributed by atoms with van der Waals surface area (Å²) in [5.74, 6) is -3.29. The standard InChI is InChI=1S/C20H21F2N3O4/c21-12-5-6-13(15(22)8-12)17-9-16(24-29-17)19(26)23-18-14(20(27)28)2-1-7-25(18)10-11-3-4-11/h5-6,8-9,11,14,18H,1-4,7,10H2,(H,23,26)(H,27,28)/t14-,18?/m0/s1. The Bertz CT molecular complexity index is 928. The molecule has 2 fully saturated rings. The molecule has 1 saturated heterocycles. The van der Waals surface area contributed by atoms with E-state index in [-0.39, 0.29) is 17.0 Å². The van der Waals surface area contributed by atoms with Crippen molar-refractivity contribution in [3.63, 3.8) is 0 Å². The number of carboxylic acids is 1. The van der Waals surface area contributed by atoms with Crippen LogP contribution in [0.5, 0.6) is 0 Å². The highest BCUT2D eigenvalue weighted by atomic mass is 19.1. The van der Waals surface area contributed by atoms with Crippen LogP contribution in [0.4, 0.5) is 8.78 Å². The minimum atomic E-state index is -0.954. The average Bonchev–Trinajstić information content (AvgIpc) is 3.35. The van der Waals surface area contributed by atoms with Crippen LogP contribution < -0.4 is 5.32 Å². The molecule has 0 radical (unpaired) electrons. The number of hydrogen-bond acceptors (Lipinski definition) is 5. The molecular formula is C20H21F2N3O4. The van der Waals surface area contributed by atoms with Gasteiger partial charge in [0.2, 0.25) is 0 Å². The number of nitrogens with one attached hydrogen (secondary N) is 1. The van der Waals surface area contributed by atoms with Crippen LogP contribution in [0.25, 0.3) is 11.3 Å². The molecule has 1 aromatic heterocycles. The summed E-state index contributed by atoms with van der Waals surface area (Å²) >= 11 is 0. The average molecular weight is 405 g/mol. The molecule has 1 aliphatic heterocycles. The Labute approximate surface area is 165 Å². The van der Waals surface area contributed by atoms with Crippen LogP contribution in [0.1, 0.15) is 36.2 Å². The molecule has 0 bridgehead atoms. The summed E-state index contributed by atoms with van der Waals surface area (Å²) in [5, 5.41) is 16.0. The maximum absolute atomic E-state index is 13.9. The minimum absolute atomic E-state index is 0.0130. The van der Waals surface area contributed by atoms with Gasteiger partial charge in [0, 0.05) is 25.2 Å². The zero-order valence-electron chi connectivity index (χ0n) is 15.6. The number of piperidine rings is 1. The molecule has 2 heterocycles. The van der Waals surface area contributed by atoms with E-state index in [1.807, 2.05) is 4.90 Å². The largest absolute Gasteiger partial charge is 0.481 e. The van der Waals surface area contributed by atoms with Gasteiger partial charge in [-0.2, -0.15) is 0 Å². The zero-order valence-corrected chi connectivity index (χ0v) is 15.6. The second kappa shape index (κ2) is 7.90. The number of carboxylic acid groups (broad SMARTS) is 1. The van der Waals surface area contributed by atoms with Crippen LogP contribution >= 0.6 is 0 Å². The third-order valence-electron chi connectivity index (χ3n) is 5.46. The molecule has 9 heteroatoms. The highest BCUT2D eigenvalue weighted by Crippen LogP contribution is 2.33. The number of hydrogen-bond donors (Lipinski definition) is 2. The quantitative estimate of drug-likeness (QED) is 0.767. The topological polar surface area (TPSA) is 95.7 Å². The predicted octanol–water partition coefficient (Wildman–Crippen LogP) is 2.88. The molecule has 1 amide bonds. The van der Waals surface area contributed by atoms with E-state index in [0.29, 0.717) is 18.4 Å². The number of halogens is 2. The normalized spacial score (nSPS) is 22.4. The summed E-state index contributed by atoms with van der Waals surface area (Å²) in [4.78, 5) is 26.4. The molecule has 7 nitrogen and oxygen atoms in total. The molecule has 2 aromatic rings. The second-order valence-corrected chi connectivity index (χ2v) is 7.64. The number of carbonyl (C=O) groups is 2. The maximum atomic E-state index is 13.9. The first kappa shape index (κ1) is 19.5. The number of likely N-dealkylation sites (tertiary alicyclic amines) is 1.